The summed E-state index contributed by atoms with van der Waals surface area (Å²) >= 11 is 0. The lowest BCUT2D eigenvalue weighted by molar-refractivity contribution is 0.151. The number of sulfonamides is 1. The second-order valence-electron chi connectivity index (χ2n) is 4.28. The molecule has 0 amide bonds. The van der Waals surface area contributed by atoms with E-state index in [4.69, 9.17) is 5.11 Å². The van der Waals surface area contributed by atoms with Crippen molar-refractivity contribution in [1.29, 1.82) is 0 Å². The molecule has 0 bridgehead atoms. The molecule has 6 heteroatoms. The third-order valence-electron chi connectivity index (χ3n) is 3.13. The van der Waals surface area contributed by atoms with Crippen molar-refractivity contribution >= 4 is 10.0 Å². The van der Waals surface area contributed by atoms with Crippen LogP contribution in [0.4, 0.5) is 0 Å². The third-order valence-corrected chi connectivity index (χ3v) is 5.04. The maximum Gasteiger partial charge on any atom is 0.243 e. The van der Waals surface area contributed by atoms with E-state index in [-0.39, 0.29) is 6.61 Å². The Morgan fingerprint density at radius 1 is 1.06 bits per heavy atom. The van der Waals surface area contributed by atoms with E-state index in [1.807, 2.05) is 0 Å². The summed E-state index contributed by atoms with van der Waals surface area (Å²) in [5.41, 5.74) is 0. The van der Waals surface area contributed by atoms with Crippen LogP contribution < -0.4 is 0 Å². The topological polar surface area (TPSA) is 60.9 Å². The molecule has 1 aliphatic heterocycles. The van der Waals surface area contributed by atoms with Gasteiger partial charge >= 0.3 is 0 Å². The number of benzene rings is 1. The third kappa shape index (κ3) is 2.89. The molecule has 0 spiro atoms. The fourth-order valence-electron chi connectivity index (χ4n) is 2.08. The van der Waals surface area contributed by atoms with Gasteiger partial charge in [0.05, 0.1) is 11.5 Å². The molecule has 1 heterocycles. The number of rotatable bonds is 4. The monoisotopic (exact) mass is 270 g/mol. The van der Waals surface area contributed by atoms with Crippen molar-refractivity contribution in [1.82, 2.24) is 9.21 Å². The van der Waals surface area contributed by atoms with Gasteiger partial charge < -0.3 is 5.11 Å². The number of β-amino-alcohol motifs (C(OH)–C–C–N with tert-alkyl or cyclic N) is 1. The minimum Gasteiger partial charge on any atom is -0.395 e. The van der Waals surface area contributed by atoms with Gasteiger partial charge in [-0.15, -0.1) is 0 Å². The van der Waals surface area contributed by atoms with Crippen molar-refractivity contribution in [3.8, 4) is 0 Å². The highest BCUT2D eigenvalue weighted by Crippen LogP contribution is 2.16. The van der Waals surface area contributed by atoms with Crippen LogP contribution >= 0.6 is 0 Å². The van der Waals surface area contributed by atoms with E-state index in [0.29, 0.717) is 37.6 Å². The van der Waals surface area contributed by atoms with Gasteiger partial charge in [-0.1, -0.05) is 18.2 Å². The van der Waals surface area contributed by atoms with Gasteiger partial charge in [0.1, 0.15) is 0 Å². The van der Waals surface area contributed by atoms with E-state index in [9.17, 15) is 8.42 Å². The molecular formula is C12H18N2O3S. The molecule has 100 valence electrons. The lowest BCUT2D eigenvalue weighted by atomic mass is 10.4. The Labute approximate surface area is 108 Å². The minimum absolute atomic E-state index is 0.117. The number of nitrogens with zero attached hydrogens (tertiary/aromatic N) is 2. The zero-order valence-corrected chi connectivity index (χ0v) is 11.0. The maximum absolute atomic E-state index is 12.3. The first-order chi connectivity index (χ1) is 8.64. The summed E-state index contributed by atoms with van der Waals surface area (Å²) in [4.78, 5) is 2.41. The molecule has 0 aliphatic carbocycles. The predicted octanol–water partition coefficient (Wildman–Crippen LogP) is -0.0148. The highest BCUT2D eigenvalue weighted by molar-refractivity contribution is 7.89. The van der Waals surface area contributed by atoms with E-state index in [1.54, 1.807) is 30.3 Å². The number of hydrogen-bond donors (Lipinski definition) is 1. The molecule has 0 saturated carbocycles. The van der Waals surface area contributed by atoms with Gasteiger partial charge in [-0.2, -0.15) is 4.31 Å². The first-order valence-corrected chi connectivity index (χ1v) is 7.47. The van der Waals surface area contributed by atoms with Crippen LogP contribution in [0.5, 0.6) is 0 Å². The zero-order valence-electron chi connectivity index (χ0n) is 10.2. The minimum atomic E-state index is -3.36. The number of aliphatic hydroxyl groups is 1. The quantitative estimate of drug-likeness (QED) is 0.835. The second-order valence-corrected chi connectivity index (χ2v) is 6.22. The fourth-order valence-corrected chi connectivity index (χ4v) is 3.52. The Morgan fingerprint density at radius 3 is 2.22 bits per heavy atom. The average molecular weight is 270 g/mol. The summed E-state index contributed by atoms with van der Waals surface area (Å²) < 4.78 is 26.1. The van der Waals surface area contributed by atoms with E-state index < -0.39 is 10.0 Å². The van der Waals surface area contributed by atoms with Crippen LogP contribution in [0.2, 0.25) is 0 Å². The molecule has 2 rings (SSSR count). The molecule has 1 aromatic carbocycles. The summed E-state index contributed by atoms with van der Waals surface area (Å²) in [6, 6.07) is 8.51. The Bertz CT molecular complexity index is 467. The SMILES string of the molecule is O=S(=O)(c1ccccc1)N1CCN(CCO)CC1. The predicted molar refractivity (Wildman–Crippen MR) is 68.7 cm³/mol. The zero-order chi connectivity index (χ0) is 13.0. The van der Waals surface area contributed by atoms with E-state index in [1.165, 1.54) is 4.31 Å². The van der Waals surface area contributed by atoms with Crippen LogP contribution in [0.3, 0.4) is 0 Å². The van der Waals surface area contributed by atoms with Gasteiger partial charge in [-0.3, -0.25) is 4.90 Å². The molecule has 1 aromatic rings. The molecule has 0 unspecified atom stereocenters. The summed E-state index contributed by atoms with van der Waals surface area (Å²) in [6.45, 7) is 3.04. The molecule has 1 fully saturated rings. The van der Waals surface area contributed by atoms with E-state index in [0.717, 1.165) is 0 Å². The molecule has 0 radical (unpaired) electrons. The van der Waals surface area contributed by atoms with Crippen LogP contribution in [0.25, 0.3) is 0 Å². The molecule has 0 aromatic heterocycles. The van der Waals surface area contributed by atoms with E-state index >= 15 is 0 Å². The van der Waals surface area contributed by atoms with Gasteiger partial charge in [0.15, 0.2) is 0 Å². The standard InChI is InChI=1S/C12H18N2O3S/c15-11-10-13-6-8-14(9-7-13)18(16,17)12-4-2-1-3-5-12/h1-5,15H,6-11H2. The van der Waals surface area contributed by atoms with Gasteiger partial charge in [0.2, 0.25) is 10.0 Å². The summed E-state index contributed by atoms with van der Waals surface area (Å²) in [7, 11) is -3.36. The summed E-state index contributed by atoms with van der Waals surface area (Å²) in [6.07, 6.45) is 0. The molecule has 1 saturated heterocycles. The van der Waals surface area contributed by atoms with Crippen LogP contribution in [0.15, 0.2) is 35.2 Å². The van der Waals surface area contributed by atoms with Crippen LogP contribution in [0, 0.1) is 0 Å². The Hall–Kier alpha value is -0.950. The molecular weight excluding hydrogens is 252 g/mol. The second kappa shape index (κ2) is 5.79. The largest absolute Gasteiger partial charge is 0.395 e. The number of hydrogen-bond acceptors (Lipinski definition) is 4. The van der Waals surface area contributed by atoms with Crippen molar-refractivity contribution < 1.29 is 13.5 Å². The van der Waals surface area contributed by atoms with Crippen molar-refractivity contribution in [2.45, 2.75) is 4.90 Å². The van der Waals surface area contributed by atoms with Gasteiger partial charge in [-0.05, 0) is 12.1 Å². The van der Waals surface area contributed by atoms with Crippen LogP contribution in [-0.4, -0.2) is 62.1 Å². The van der Waals surface area contributed by atoms with Crippen LogP contribution in [0.1, 0.15) is 0 Å². The van der Waals surface area contributed by atoms with Crippen molar-refractivity contribution in [3.05, 3.63) is 30.3 Å². The highest BCUT2D eigenvalue weighted by Gasteiger charge is 2.27. The average Bonchev–Trinajstić information content (AvgIpc) is 2.41. The van der Waals surface area contributed by atoms with Crippen molar-refractivity contribution in [2.75, 3.05) is 39.3 Å². The van der Waals surface area contributed by atoms with Crippen molar-refractivity contribution in [2.24, 2.45) is 0 Å². The number of piperazine rings is 1. The molecule has 0 atom stereocenters. The first-order valence-electron chi connectivity index (χ1n) is 6.03. The summed E-state index contributed by atoms with van der Waals surface area (Å²) in [5, 5.41) is 8.85. The van der Waals surface area contributed by atoms with Gasteiger partial charge in [0.25, 0.3) is 0 Å². The van der Waals surface area contributed by atoms with E-state index in [2.05, 4.69) is 4.90 Å². The Kier molecular flexibility index (Phi) is 4.34. The van der Waals surface area contributed by atoms with Gasteiger partial charge in [0, 0.05) is 32.7 Å². The smallest absolute Gasteiger partial charge is 0.243 e. The Morgan fingerprint density at radius 2 is 1.67 bits per heavy atom. The van der Waals surface area contributed by atoms with Gasteiger partial charge in [-0.25, -0.2) is 8.42 Å². The number of aliphatic hydroxyl groups excluding tert-OH is 1. The molecule has 1 N–H and O–H groups in total. The Balaban J connectivity index is 2.05. The normalized spacial score (nSPS) is 18.9. The van der Waals surface area contributed by atoms with Crippen LogP contribution in [-0.2, 0) is 10.0 Å². The maximum atomic E-state index is 12.3. The summed E-state index contributed by atoms with van der Waals surface area (Å²) in [5.74, 6) is 0. The molecule has 18 heavy (non-hydrogen) atoms. The first kappa shape index (κ1) is 13.5. The lowest BCUT2D eigenvalue weighted by Gasteiger charge is -2.33. The fraction of sp³-hybridized carbons (Fsp3) is 0.500. The molecule has 5 nitrogen and oxygen atoms in total. The molecule has 1 aliphatic rings. The highest BCUT2D eigenvalue weighted by atomic mass is 32.2. The lowest BCUT2D eigenvalue weighted by Crippen LogP contribution is -2.49. The van der Waals surface area contributed by atoms with Crippen molar-refractivity contribution in [3.63, 3.8) is 0 Å².